The summed E-state index contributed by atoms with van der Waals surface area (Å²) in [7, 11) is 0. The van der Waals surface area contributed by atoms with Gasteiger partial charge in [0.25, 0.3) is 5.91 Å². The van der Waals surface area contributed by atoms with Gasteiger partial charge in [-0.2, -0.15) is 0 Å². The van der Waals surface area contributed by atoms with E-state index >= 15 is 0 Å². The zero-order valence-corrected chi connectivity index (χ0v) is 12.8. The number of hydrogen-bond acceptors (Lipinski definition) is 3. The summed E-state index contributed by atoms with van der Waals surface area (Å²) < 4.78 is 0. The highest BCUT2D eigenvalue weighted by atomic mass is 16.2. The number of nitrogens with zero attached hydrogens (tertiary/aromatic N) is 2. The lowest BCUT2D eigenvalue weighted by Gasteiger charge is -2.34. The molecule has 1 aromatic carbocycles. The molecule has 2 heterocycles. The first kappa shape index (κ1) is 15.2. The van der Waals surface area contributed by atoms with Crippen LogP contribution in [0.4, 0.5) is 5.69 Å². The zero-order valence-electron chi connectivity index (χ0n) is 12.8. The molecule has 2 amide bonds. The van der Waals surface area contributed by atoms with Gasteiger partial charge in [0.15, 0.2) is 0 Å². The maximum absolute atomic E-state index is 12.7. The molecule has 0 unspecified atom stereocenters. The Morgan fingerprint density at radius 3 is 2.52 bits per heavy atom. The van der Waals surface area contributed by atoms with Crippen molar-refractivity contribution in [3.05, 3.63) is 60.4 Å². The second kappa shape index (κ2) is 7.05. The molecular formula is C18H19N3O2. The predicted molar refractivity (Wildman–Crippen MR) is 88.0 cm³/mol. The molecule has 1 N–H and O–H groups in total. The summed E-state index contributed by atoms with van der Waals surface area (Å²) in [6.07, 6.45) is 5.83. The molecule has 23 heavy (non-hydrogen) atoms. The number of rotatable bonds is 3. The Kier molecular flexibility index (Phi) is 4.66. The lowest BCUT2D eigenvalue weighted by atomic mass is 10.00. The summed E-state index contributed by atoms with van der Waals surface area (Å²) in [6.45, 7) is 0.613. The Morgan fingerprint density at radius 2 is 1.78 bits per heavy atom. The Labute approximate surface area is 135 Å². The number of piperidine rings is 1. The molecule has 3 rings (SSSR count). The van der Waals surface area contributed by atoms with Crippen LogP contribution >= 0.6 is 0 Å². The molecule has 2 aromatic rings. The van der Waals surface area contributed by atoms with Crippen LogP contribution in [0.15, 0.2) is 54.9 Å². The quantitative estimate of drug-likeness (QED) is 0.948. The third-order valence-electron chi connectivity index (χ3n) is 4.03. The number of benzene rings is 1. The molecule has 1 aromatic heterocycles. The van der Waals surface area contributed by atoms with Crippen LogP contribution < -0.4 is 5.32 Å². The van der Waals surface area contributed by atoms with Crippen LogP contribution in [0.3, 0.4) is 0 Å². The van der Waals surface area contributed by atoms with Crippen molar-refractivity contribution in [2.45, 2.75) is 25.3 Å². The van der Waals surface area contributed by atoms with Gasteiger partial charge in [-0.05, 0) is 43.5 Å². The first-order valence-electron chi connectivity index (χ1n) is 7.82. The minimum atomic E-state index is -0.426. The molecule has 0 spiro atoms. The first-order chi connectivity index (χ1) is 11.3. The molecule has 118 valence electrons. The van der Waals surface area contributed by atoms with E-state index in [2.05, 4.69) is 10.3 Å². The van der Waals surface area contributed by atoms with Gasteiger partial charge >= 0.3 is 0 Å². The average Bonchev–Trinajstić information content (AvgIpc) is 2.62. The topological polar surface area (TPSA) is 62.3 Å². The van der Waals surface area contributed by atoms with E-state index < -0.39 is 6.04 Å². The number of nitrogens with one attached hydrogen (secondary N) is 1. The fraction of sp³-hybridized carbons (Fsp3) is 0.278. The number of carbonyl (C=O) groups is 2. The van der Waals surface area contributed by atoms with Crippen molar-refractivity contribution in [1.29, 1.82) is 0 Å². The standard InChI is InChI=1S/C18H19N3O2/c22-17(20-15-9-11-19-12-10-15)16-8-4-5-13-21(16)18(23)14-6-2-1-3-7-14/h1-3,6-7,9-12,16H,4-5,8,13H2,(H,19,20,22)/t16-/m0/s1. The second-order valence-corrected chi connectivity index (χ2v) is 5.60. The van der Waals surface area contributed by atoms with Crippen LogP contribution in [0, 0.1) is 0 Å². The summed E-state index contributed by atoms with van der Waals surface area (Å²) >= 11 is 0. The van der Waals surface area contributed by atoms with Gasteiger partial charge in [-0.1, -0.05) is 18.2 Å². The summed E-state index contributed by atoms with van der Waals surface area (Å²) in [5.41, 5.74) is 1.32. The SMILES string of the molecule is O=C(Nc1ccncc1)[C@@H]1CCCCN1C(=O)c1ccccc1. The van der Waals surface area contributed by atoms with Crippen LogP contribution in [0.1, 0.15) is 29.6 Å². The van der Waals surface area contributed by atoms with Gasteiger partial charge in [0.1, 0.15) is 6.04 Å². The first-order valence-corrected chi connectivity index (χ1v) is 7.82. The Morgan fingerprint density at radius 1 is 1.04 bits per heavy atom. The van der Waals surface area contributed by atoms with Gasteiger partial charge in [0.2, 0.25) is 5.91 Å². The lowest BCUT2D eigenvalue weighted by Crippen LogP contribution is -2.50. The molecule has 1 atom stereocenters. The molecule has 0 saturated carbocycles. The van der Waals surface area contributed by atoms with Crippen LogP contribution in [-0.2, 0) is 4.79 Å². The van der Waals surface area contributed by atoms with Gasteiger partial charge in [-0.3, -0.25) is 14.6 Å². The van der Waals surface area contributed by atoms with Gasteiger partial charge in [-0.25, -0.2) is 0 Å². The van der Waals surface area contributed by atoms with Crippen molar-refractivity contribution < 1.29 is 9.59 Å². The van der Waals surface area contributed by atoms with Crippen molar-refractivity contribution in [3.8, 4) is 0 Å². The minimum absolute atomic E-state index is 0.0832. The smallest absolute Gasteiger partial charge is 0.254 e. The van der Waals surface area contributed by atoms with E-state index in [0.29, 0.717) is 24.2 Å². The summed E-state index contributed by atoms with van der Waals surface area (Å²) in [6, 6.07) is 12.2. The van der Waals surface area contributed by atoms with E-state index in [1.165, 1.54) is 0 Å². The maximum Gasteiger partial charge on any atom is 0.254 e. The van der Waals surface area contributed by atoms with E-state index in [0.717, 1.165) is 12.8 Å². The molecule has 1 saturated heterocycles. The predicted octanol–water partition coefficient (Wildman–Crippen LogP) is 2.72. The van der Waals surface area contributed by atoms with Gasteiger partial charge in [0, 0.05) is 30.2 Å². The molecule has 0 radical (unpaired) electrons. The highest BCUT2D eigenvalue weighted by molar-refractivity contribution is 6.01. The lowest BCUT2D eigenvalue weighted by molar-refractivity contribution is -0.121. The molecule has 1 fully saturated rings. The van der Waals surface area contributed by atoms with E-state index in [1.807, 2.05) is 18.2 Å². The van der Waals surface area contributed by atoms with Crippen molar-refractivity contribution >= 4 is 17.5 Å². The van der Waals surface area contributed by atoms with Gasteiger partial charge < -0.3 is 10.2 Å². The summed E-state index contributed by atoms with van der Waals surface area (Å²) in [5, 5.41) is 2.88. The number of amides is 2. The number of carbonyl (C=O) groups excluding carboxylic acids is 2. The normalized spacial score (nSPS) is 17.6. The van der Waals surface area contributed by atoms with Crippen molar-refractivity contribution in [2.24, 2.45) is 0 Å². The molecule has 1 aliphatic rings. The fourth-order valence-electron chi connectivity index (χ4n) is 2.85. The third kappa shape index (κ3) is 3.56. The molecule has 0 aliphatic carbocycles. The van der Waals surface area contributed by atoms with Gasteiger partial charge in [0.05, 0.1) is 0 Å². The minimum Gasteiger partial charge on any atom is -0.327 e. The summed E-state index contributed by atoms with van der Waals surface area (Å²) in [4.78, 5) is 30.9. The maximum atomic E-state index is 12.7. The van der Waals surface area contributed by atoms with E-state index in [1.54, 1.807) is 41.6 Å². The largest absolute Gasteiger partial charge is 0.327 e. The Balaban J connectivity index is 1.76. The molecule has 0 bridgehead atoms. The Bertz CT molecular complexity index is 673. The monoisotopic (exact) mass is 309 g/mol. The molecule has 5 heteroatoms. The van der Waals surface area contributed by atoms with Crippen LogP contribution in [-0.4, -0.2) is 34.3 Å². The molecule has 1 aliphatic heterocycles. The Hall–Kier alpha value is -2.69. The molecule has 5 nitrogen and oxygen atoms in total. The van der Waals surface area contributed by atoms with Crippen LogP contribution in [0.5, 0.6) is 0 Å². The zero-order chi connectivity index (χ0) is 16.1. The number of aromatic nitrogens is 1. The highest BCUT2D eigenvalue weighted by Gasteiger charge is 2.32. The van der Waals surface area contributed by atoms with E-state index in [4.69, 9.17) is 0 Å². The number of pyridine rings is 1. The van der Waals surface area contributed by atoms with Crippen LogP contribution in [0.2, 0.25) is 0 Å². The highest BCUT2D eigenvalue weighted by Crippen LogP contribution is 2.21. The molecular weight excluding hydrogens is 290 g/mol. The number of hydrogen-bond donors (Lipinski definition) is 1. The van der Waals surface area contributed by atoms with Gasteiger partial charge in [-0.15, -0.1) is 0 Å². The van der Waals surface area contributed by atoms with Crippen LogP contribution in [0.25, 0.3) is 0 Å². The second-order valence-electron chi connectivity index (χ2n) is 5.60. The number of likely N-dealkylation sites (tertiary alicyclic amines) is 1. The summed E-state index contributed by atoms with van der Waals surface area (Å²) in [5.74, 6) is -0.222. The van der Waals surface area contributed by atoms with E-state index in [-0.39, 0.29) is 11.8 Å². The fourth-order valence-corrected chi connectivity index (χ4v) is 2.85. The number of anilines is 1. The van der Waals surface area contributed by atoms with Crippen molar-refractivity contribution in [1.82, 2.24) is 9.88 Å². The van der Waals surface area contributed by atoms with E-state index in [9.17, 15) is 9.59 Å². The van der Waals surface area contributed by atoms with Crippen molar-refractivity contribution in [2.75, 3.05) is 11.9 Å². The average molecular weight is 309 g/mol. The van der Waals surface area contributed by atoms with Crippen molar-refractivity contribution in [3.63, 3.8) is 0 Å². The third-order valence-corrected chi connectivity index (χ3v) is 4.03.